The average molecular weight is 498 g/mol. The molecule has 1 N–H and O–H groups in total. The van der Waals surface area contributed by atoms with Gasteiger partial charge < -0.3 is 9.84 Å². The third kappa shape index (κ3) is 5.67. The summed E-state index contributed by atoms with van der Waals surface area (Å²) in [6, 6.07) is 10.3. The average Bonchev–Trinajstić information content (AvgIpc) is 2.86. The van der Waals surface area contributed by atoms with E-state index in [9.17, 15) is 13.5 Å². The fraction of sp³-hybridized carbons (Fsp3) is 0.400. The smallest absolute Gasteiger partial charge is 0.247 e. The molecule has 10 heteroatoms. The zero-order valence-electron chi connectivity index (χ0n) is 20.2. The Bertz CT molecular complexity index is 1230. The van der Waals surface area contributed by atoms with Gasteiger partial charge in [0, 0.05) is 55.7 Å². The molecule has 0 saturated carbocycles. The van der Waals surface area contributed by atoms with Crippen LogP contribution in [0.25, 0.3) is 11.1 Å². The number of aliphatic hydroxyl groups is 1. The van der Waals surface area contributed by atoms with Crippen molar-refractivity contribution in [1.29, 1.82) is 0 Å². The number of rotatable bonds is 7. The highest BCUT2D eigenvalue weighted by molar-refractivity contribution is 7.89. The molecule has 0 fully saturated rings. The first kappa shape index (κ1) is 25.2. The monoisotopic (exact) mass is 497 g/mol. The van der Waals surface area contributed by atoms with Crippen LogP contribution in [0, 0.1) is 5.92 Å². The fourth-order valence-electron chi connectivity index (χ4n) is 4.21. The van der Waals surface area contributed by atoms with Crippen molar-refractivity contribution in [2.45, 2.75) is 37.4 Å². The zero-order valence-corrected chi connectivity index (χ0v) is 21.0. The van der Waals surface area contributed by atoms with Crippen LogP contribution in [0.4, 0.5) is 0 Å². The van der Waals surface area contributed by atoms with Crippen LogP contribution in [-0.2, 0) is 16.6 Å². The van der Waals surface area contributed by atoms with Gasteiger partial charge in [-0.3, -0.25) is 9.88 Å². The molecule has 0 radical (unpaired) electrons. The highest BCUT2D eigenvalue weighted by Gasteiger charge is 2.38. The highest BCUT2D eigenvalue weighted by atomic mass is 32.2. The molecule has 0 spiro atoms. The standard InChI is InChI=1S/C25H31N5O4S/c1-18-13-30(19(2)16-31)35(32,33)25-8-7-20(21-11-26-17-27-12-21)10-23(25)34-24(18)15-29(3)14-22-6-4-5-9-28-22/h4-12,17-19,24,31H,13-16H2,1-3H3/t18-,19+,24+/m1/s1. The molecule has 2 aromatic heterocycles. The van der Waals surface area contributed by atoms with E-state index in [1.54, 1.807) is 43.7 Å². The van der Waals surface area contributed by atoms with Crippen LogP contribution in [0.15, 0.2) is 66.2 Å². The van der Waals surface area contributed by atoms with Crippen molar-refractivity contribution in [3.8, 4) is 16.9 Å². The highest BCUT2D eigenvalue weighted by Crippen LogP contribution is 2.36. The quantitative estimate of drug-likeness (QED) is 0.530. The number of aliphatic hydroxyl groups excluding tert-OH is 1. The van der Waals surface area contributed by atoms with Crippen molar-refractivity contribution in [2.24, 2.45) is 5.92 Å². The van der Waals surface area contributed by atoms with Gasteiger partial charge in [-0.15, -0.1) is 0 Å². The molecule has 0 aliphatic carbocycles. The Labute approximate surface area is 206 Å². The molecule has 1 aliphatic heterocycles. The molecular formula is C25H31N5O4S. The van der Waals surface area contributed by atoms with Gasteiger partial charge in [-0.25, -0.2) is 18.4 Å². The van der Waals surface area contributed by atoms with Crippen molar-refractivity contribution in [3.63, 3.8) is 0 Å². The number of aromatic nitrogens is 3. The second-order valence-corrected chi connectivity index (χ2v) is 10.9. The summed E-state index contributed by atoms with van der Waals surface area (Å²) in [5.74, 6) is 0.145. The van der Waals surface area contributed by atoms with Crippen LogP contribution in [-0.4, -0.2) is 76.6 Å². The minimum absolute atomic E-state index is 0.0858. The Morgan fingerprint density at radius 2 is 1.97 bits per heavy atom. The van der Waals surface area contributed by atoms with Crippen molar-refractivity contribution in [1.82, 2.24) is 24.2 Å². The summed E-state index contributed by atoms with van der Waals surface area (Å²) in [7, 11) is -1.90. The van der Waals surface area contributed by atoms with Crippen LogP contribution in [0.2, 0.25) is 0 Å². The van der Waals surface area contributed by atoms with Crippen molar-refractivity contribution in [2.75, 3.05) is 26.7 Å². The van der Waals surface area contributed by atoms with Gasteiger partial charge in [0.05, 0.1) is 12.3 Å². The maximum Gasteiger partial charge on any atom is 0.247 e. The number of fused-ring (bicyclic) bond motifs is 1. The zero-order chi connectivity index (χ0) is 25.0. The van der Waals surface area contributed by atoms with Gasteiger partial charge in [-0.05, 0) is 43.8 Å². The van der Waals surface area contributed by atoms with Crippen LogP contribution >= 0.6 is 0 Å². The molecule has 1 aromatic carbocycles. The molecule has 1 aliphatic rings. The molecule has 0 amide bonds. The van der Waals surface area contributed by atoms with Crippen molar-refractivity contribution in [3.05, 3.63) is 67.0 Å². The van der Waals surface area contributed by atoms with Gasteiger partial charge in [-0.1, -0.05) is 19.1 Å². The SMILES string of the molecule is C[C@@H]1CN([C@@H](C)CO)S(=O)(=O)c2ccc(-c3cncnc3)cc2O[C@H]1CN(C)Cc1ccccn1. The Hall–Kier alpha value is -2.92. The van der Waals surface area contributed by atoms with E-state index >= 15 is 0 Å². The third-order valence-corrected chi connectivity index (χ3v) is 8.23. The number of hydrogen-bond donors (Lipinski definition) is 1. The summed E-state index contributed by atoms with van der Waals surface area (Å²) in [5.41, 5.74) is 2.46. The molecular weight excluding hydrogens is 466 g/mol. The number of pyridine rings is 1. The summed E-state index contributed by atoms with van der Waals surface area (Å²) < 4.78 is 35.1. The fourth-order valence-corrected chi connectivity index (χ4v) is 6.04. The topological polar surface area (TPSA) is 109 Å². The van der Waals surface area contributed by atoms with E-state index in [1.807, 2.05) is 32.2 Å². The second kappa shape index (κ2) is 10.8. The first-order valence-electron chi connectivity index (χ1n) is 11.6. The molecule has 186 valence electrons. The van der Waals surface area contributed by atoms with Crippen LogP contribution in [0.5, 0.6) is 5.75 Å². The molecule has 0 bridgehead atoms. The molecule has 3 atom stereocenters. The summed E-state index contributed by atoms with van der Waals surface area (Å²) in [6.45, 7) is 4.86. The lowest BCUT2D eigenvalue weighted by Crippen LogP contribution is -2.49. The van der Waals surface area contributed by atoms with E-state index in [2.05, 4.69) is 19.9 Å². The normalized spacial score (nSPS) is 20.9. The number of ether oxygens (including phenoxy) is 1. The number of benzene rings is 1. The van der Waals surface area contributed by atoms with Gasteiger partial charge in [0.2, 0.25) is 10.0 Å². The van der Waals surface area contributed by atoms with E-state index in [1.165, 1.54) is 10.6 Å². The number of nitrogens with zero attached hydrogens (tertiary/aromatic N) is 5. The number of hydrogen-bond acceptors (Lipinski definition) is 8. The Kier molecular flexibility index (Phi) is 7.75. The molecule has 35 heavy (non-hydrogen) atoms. The first-order chi connectivity index (χ1) is 16.8. The van der Waals surface area contributed by atoms with Gasteiger partial charge >= 0.3 is 0 Å². The lowest BCUT2D eigenvalue weighted by molar-refractivity contribution is 0.0731. The Morgan fingerprint density at radius 1 is 1.20 bits per heavy atom. The maximum atomic E-state index is 13.6. The maximum absolute atomic E-state index is 13.6. The summed E-state index contributed by atoms with van der Waals surface area (Å²) >= 11 is 0. The predicted octanol–water partition coefficient (Wildman–Crippen LogP) is 2.44. The molecule has 3 aromatic rings. The lowest BCUT2D eigenvalue weighted by atomic mass is 10.0. The van der Waals surface area contributed by atoms with Gasteiger partial charge in [0.25, 0.3) is 0 Å². The third-order valence-electron chi connectivity index (χ3n) is 6.21. The molecule has 9 nitrogen and oxygen atoms in total. The van der Waals surface area contributed by atoms with Crippen LogP contribution < -0.4 is 4.74 Å². The summed E-state index contributed by atoms with van der Waals surface area (Å²) in [5, 5.41) is 9.82. The van der Waals surface area contributed by atoms with E-state index in [4.69, 9.17) is 4.74 Å². The minimum atomic E-state index is -3.89. The Balaban J connectivity index is 1.72. The van der Waals surface area contributed by atoms with Gasteiger partial charge in [-0.2, -0.15) is 4.31 Å². The van der Waals surface area contributed by atoms with E-state index in [0.717, 1.165) is 16.8 Å². The van der Waals surface area contributed by atoms with E-state index in [0.29, 0.717) is 13.1 Å². The Morgan fingerprint density at radius 3 is 2.66 bits per heavy atom. The largest absolute Gasteiger partial charge is 0.487 e. The molecule has 0 unspecified atom stereocenters. The lowest BCUT2D eigenvalue weighted by Gasteiger charge is -2.37. The van der Waals surface area contributed by atoms with Crippen molar-refractivity contribution >= 4 is 10.0 Å². The van der Waals surface area contributed by atoms with E-state index < -0.39 is 16.1 Å². The molecule has 0 saturated heterocycles. The van der Waals surface area contributed by atoms with Gasteiger partial charge in [0.15, 0.2) is 0 Å². The first-order valence-corrected chi connectivity index (χ1v) is 13.0. The molecule has 4 rings (SSSR count). The second-order valence-electron chi connectivity index (χ2n) is 9.05. The predicted molar refractivity (Wildman–Crippen MR) is 132 cm³/mol. The molecule has 3 heterocycles. The number of sulfonamides is 1. The van der Waals surface area contributed by atoms with Crippen molar-refractivity contribution < 1.29 is 18.3 Å². The summed E-state index contributed by atoms with van der Waals surface area (Å²) in [6.07, 6.45) is 6.26. The van der Waals surface area contributed by atoms with Gasteiger partial charge in [0.1, 0.15) is 23.1 Å². The van der Waals surface area contributed by atoms with Crippen LogP contribution in [0.3, 0.4) is 0 Å². The number of likely N-dealkylation sites (N-methyl/N-ethyl adjacent to an activating group) is 1. The van der Waals surface area contributed by atoms with E-state index in [-0.39, 0.29) is 35.8 Å². The minimum Gasteiger partial charge on any atom is -0.487 e. The van der Waals surface area contributed by atoms with Crippen LogP contribution in [0.1, 0.15) is 19.5 Å². The summed E-state index contributed by atoms with van der Waals surface area (Å²) in [4.78, 5) is 14.7.